The second kappa shape index (κ2) is 6.02. The predicted molar refractivity (Wildman–Crippen MR) is 87.6 cm³/mol. The topological polar surface area (TPSA) is 61.9 Å². The fourth-order valence-electron chi connectivity index (χ4n) is 3.38. The second-order valence-electron chi connectivity index (χ2n) is 6.14. The highest BCUT2D eigenvalue weighted by Gasteiger charge is 2.52. The Balaban J connectivity index is 1.68. The van der Waals surface area contributed by atoms with Gasteiger partial charge in [0.05, 0.1) is 6.04 Å². The quantitative estimate of drug-likeness (QED) is 0.897. The van der Waals surface area contributed by atoms with Crippen LogP contribution in [0.1, 0.15) is 5.56 Å². The smallest absolute Gasteiger partial charge is 0.321 e. The van der Waals surface area contributed by atoms with Crippen LogP contribution in [0.15, 0.2) is 18.2 Å². The molecule has 3 amide bonds. The minimum Gasteiger partial charge on any atom is -0.371 e. The van der Waals surface area contributed by atoms with E-state index in [4.69, 9.17) is 16.3 Å². The molecule has 1 aromatic carbocycles. The van der Waals surface area contributed by atoms with Crippen LogP contribution in [-0.2, 0) is 9.53 Å². The number of anilines is 1. The van der Waals surface area contributed by atoms with E-state index < -0.39 is 6.10 Å². The van der Waals surface area contributed by atoms with Crippen molar-refractivity contribution in [3.8, 4) is 0 Å². The number of rotatable bonds is 2. The molecule has 0 saturated carbocycles. The Kier molecular flexibility index (Phi) is 4.21. The van der Waals surface area contributed by atoms with Gasteiger partial charge in [-0.25, -0.2) is 4.79 Å². The molecule has 0 radical (unpaired) electrons. The van der Waals surface area contributed by atoms with Crippen LogP contribution in [0.2, 0.25) is 5.02 Å². The van der Waals surface area contributed by atoms with E-state index in [1.54, 1.807) is 22.9 Å². The summed E-state index contributed by atoms with van der Waals surface area (Å²) in [4.78, 5) is 27.9. The molecule has 23 heavy (non-hydrogen) atoms. The van der Waals surface area contributed by atoms with Gasteiger partial charge in [-0.15, -0.1) is 0 Å². The monoisotopic (exact) mass is 337 g/mol. The number of likely N-dealkylation sites (tertiary alicyclic amines) is 2. The van der Waals surface area contributed by atoms with Gasteiger partial charge in [0, 0.05) is 43.9 Å². The van der Waals surface area contributed by atoms with Crippen molar-refractivity contribution in [1.82, 2.24) is 9.80 Å². The molecule has 1 N–H and O–H groups in total. The average Bonchev–Trinajstić information content (AvgIpc) is 3.03. The molecule has 7 heteroatoms. The maximum Gasteiger partial charge on any atom is 0.321 e. The SMILES string of the molecule is CO[C@@H]1C(=O)N(C)[C@@H]2CN(C(=O)Nc3ccc(C)c(Cl)c3)C[C@H]12. The lowest BCUT2D eigenvalue weighted by Gasteiger charge is -2.22. The van der Waals surface area contributed by atoms with Gasteiger partial charge in [-0.05, 0) is 24.6 Å². The molecule has 1 aromatic rings. The molecule has 2 aliphatic rings. The van der Waals surface area contributed by atoms with Gasteiger partial charge in [0.25, 0.3) is 5.91 Å². The van der Waals surface area contributed by atoms with Gasteiger partial charge in [-0.3, -0.25) is 4.79 Å². The lowest BCUT2D eigenvalue weighted by atomic mass is 10.0. The van der Waals surface area contributed by atoms with E-state index in [2.05, 4.69) is 5.32 Å². The Bertz CT molecular complexity index is 651. The van der Waals surface area contributed by atoms with E-state index in [-0.39, 0.29) is 23.9 Å². The Hall–Kier alpha value is -1.79. The number of likely N-dealkylation sites (N-methyl/N-ethyl adjacent to an activating group) is 1. The van der Waals surface area contributed by atoms with E-state index in [1.165, 1.54) is 7.11 Å². The summed E-state index contributed by atoms with van der Waals surface area (Å²) < 4.78 is 5.32. The lowest BCUT2D eigenvalue weighted by molar-refractivity contribution is -0.136. The molecule has 6 nitrogen and oxygen atoms in total. The standard InChI is InChI=1S/C16H20ClN3O3/c1-9-4-5-10(6-12(9)17)18-16(22)20-7-11-13(8-20)19(2)15(21)14(11)23-3/h4-6,11,13-14H,7-8H2,1-3H3,(H,18,22)/t11-,13+,14-/m0/s1. The molecule has 2 saturated heterocycles. The largest absolute Gasteiger partial charge is 0.371 e. The van der Waals surface area contributed by atoms with Gasteiger partial charge in [0.1, 0.15) is 6.10 Å². The fraction of sp³-hybridized carbons (Fsp3) is 0.500. The van der Waals surface area contributed by atoms with Crippen LogP contribution in [0.4, 0.5) is 10.5 Å². The molecule has 3 atom stereocenters. The van der Waals surface area contributed by atoms with Crippen molar-refractivity contribution in [2.45, 2.75) is 19.1 Å². The number of hydrogen-bond donors (Lipinski definition) is 1. The van der Waals surface area contributed by atoms with Crippen molar-refractivity contribution >= 4 is 29.2 Å². The van der Waals surface area contributed by atoms with Gasteiger partial charge in [-0.2, -0.15) is 0 Å². The van der Waals surface area contributed by atoms with E-state index in [0.29, 0.717) is 23.8 Å². The number of urea groups is 1. The summed E-state index contributed by atoms with van der Waals surface area (Å²) in [6, 6.07) is 5.25. The van der Waals surface area contributed by atoms with Gasteiger partial charge in [0.2, 0.25) is 0 Å². The molecule has 0 aromatic heterocycles. The zero-order valence-electron chi connectivity index (χ0n) is 13.4. The molecule has 0 aliphatic carbocycles. The summed E-state index contributed by atoms with van der Waals surface area (Å²) in [6.45, 7) is 2.93. The first-order valence-electron chi connectivity index (χ1n) is 7.54. The first-order chi connectivity index (χ1) is 10.9. The number of carbonyl (C=O) groups is 2. The number of hydrogen-bond acceptors (Lipinski definition) is 3. The number of nitrogens with zero attached hydrogens (tertiary/aromatic N) is 2. The van der Waals surface area contributed by atoms with Crippen molar-refractivity contribution in [3.63, 3.8) is 0 Å². The van der Waals surface area contributed by atoms with E-state index in [9.17, 15) is 9.59 Å². The number of methoxy groups -OCH3 is 1. The molecule has 2 fully saturated rings. The van der Waals surface area contributed by atoms with Crippen molar-refractivity contribution < 1.29 is 14.3 Å². The first kappa shape index (κ1) is 16.1. The zero-order chi connectivity index (χ0) is 16.7. The minimum absolute atomic E-state index is 0.00660. The van der Waals surface area contributed by atoms with Crippen LogP contribution in [0.3, 0.4) is 0 Å². The molecule has 2 heterocycles. The summed E-state index contributed by atoms with van der Waals surface area (Å²) in [6.07, 6.45) is -0.461. The van der Waals surface area contributed by atoms with Gasteiger partial charge in [-0.1, -0.05) is 17.7 Å². The number of fused-ring (bicyclic) bond motifs is 1. The molecular formula is C16H20ClN3O3. The van der Waals surface area contributed by atoms with Crippen LogP contribution < -0.4 is 5.32 Å². The number of carbonyl (C=O) groups excluding carboxylic acids is 2. The molecular weight excluding hydrogens is 318 g/mol. The fourth-order valence-corrected chi connectivity index (χ4v) is 3.56. The summed E-state index contributed by atoms with van der Waals surface area (Å²) in [5, 5.41) is 3.47. The van der Waals surface area contributed by atoms with Gasteiger partial charge >= 0.3 is 6.03 Å². The van der Waals surface area contributed by atoms with Crippen LogP contribution in [0.25, 0.3) is 0 Å². The van der Waals surface area contributed by atoms with E-state index in [1.807, 2.05) is 19.1 Å². The van der Waals surface area contributed by atoms with Crippen molar-refractivity contribution in [1.29, 1.82) is 0 Å². The molecule has 0 spiro atoms. The number of nitrogens with one attached hydrogen (secondary N) is 1. The third-order valence-corrected chi connectivity index (χ3v) is 5.18. The number of amides is 3. The number of aryl methyl sites for hydroxylation is 1. The number of ether oxygens (including phenoxy) is 1. The lowest BCUT2D eigenvalue weighted by Crippen LogP contribution is -2.40. The Morgan fingerprint density at radius 3 is 2.78 bits per heavy atom. The van der Waals surface area contributed by atoms with Gasteiger partial charge < -0.3 is 19.9 Å². The first-order valence-corrected chi connectivity index (χ1v) is 7.91. The summed E-state index contributed by atoms with van der Waals surface area (Å²) in [7, 11) is 3.30. The van der Waals surface area contributed by atoms with Crippen molar-refractivity contribution in [3.05, 3.63) is 28.8 Å². The van der Waals surface area contributed by atoms with E-state index >= 15 is 0 Å². The van der Waals surface area contributed by atoms with Crippen molar-refractivity contribution in [2.24, 2.45) is 5.92 Å². The van der Waals surface area contributed by atoms with Crippen molar-refractivity contribution in [2.75, 3.05) is 32.6 Å². The van der Waals surface area contributed by atoms with Crippen LogP contribution in [0, 0.1) is 12.8 Å². The molecule has 2 aliphatic heterocycles. The molecule has 0 bridgehead atoms. The minimum atomic E-state index is -0.461. The average molecular weight is 338 g/mol. The second-order valence-corrected chi connectivity index (χ2v) is 6.54. The maximum atomic E-state index is 12.5. The Morgan fingerprint density at radius 1 is 1.39 bits per heavy atom. The summed E-state index contributed by atoms with van der Waals surface area (Å²) in [5.74, 6) is 0.0118. The normalized spacial score (nSPS) is 26.6. The maximum absolute atomic E-state index is 12.5. The Labute approximate surface area is 140 Å². The molecule has 3 rings (SSSR count). The molecule has 0 unspecified atom stereocenters. The summed E-state index contributed by atoms with van der Waals surface area (Å²) >= 11 is 6.08. The predicted octanol–water partition coefficient (Wildman–Crippen LogP) is 1.97. The third kappa shape index (κ3) is 2.77. The zero-order valence-corrected chi connectivity index (χ0v) is 14.1. The number of halogens is 1. The van der Waals surface area contributed by atoms with Gasteiger partial charge in [0.15, 0.2) is 0 Å². The summed E-state index contributed by atoms with van der Waals surface area (Å²) in [5.41, 5.74) is 1.62. The van der Waals surface area contributed by atoms with Crippen LogP contribution in [0.5, 0.6) is 0 Å². The highest BCUT2D eigenvalue weighted by Crippen LogP contribution is 2.33. The Morgan fingerprint density at radius 2 is 2.13 bits per heavy atom. The number of benzene rings is 1. The van der Waals surface area contributed by atoms with E-state index in [0.717, 1.165) is 5.56 Å². The van der Waals surface area contributed by atoms with Crippen LogP contribution >= 0.6 is 11.6 Å². The third-order valence-electron chi connectivity index (χ3n) is 4.77. The highest BCUT2D eigenvalue weighted by molar-refractivity contribution is 6.31. The highest BCUT2D eigenvalue weighted by atomic mass is 35.5. The molecule has 124 valence electrons. The van der Waals surface area contributed by atoms with Crippen LogP contribution in [-0.4, -0.2) is 61.1 Å².